The van der Waals surface area contributed by atoms with Crippen LogP contribution >= 0.6 is 0 Å². The minimum atomic E-state index is 0.243. The van der Waals surface area contributed by atoms with Gasteiger partial charge in [-0.3, -0.25) is 0 Å². The van der Waals surface area contributed by atoms with Gasteiger partial charge >= 0.3 is 0 Å². The van der Waals surface area contributed by atoms with Gasteiger partial charge in [0.2, 0.25) is 0 Å². The van der Waals surface area contributed by atoms with Crippen LogP contribution < -0.4 is 10.5 Å². The van der Waals surface area contributed by atoms with Crippen molar-refractivity contribution in [3.8, 4) is 5.75 Å². The Bertz CT molecular complexity index is 410. The molecule has 0 radical (unpaired) electrons. The van der Waals surface area contributed by atoms with E-state index in [1.165, 1.54) is 43.2 Å². The van der Waals surface area contributed by atoms with E-state index in [4.69, 9.17) is 10.5 Å². The molecule has 1 fully saturated rings. The standard InChI is InChI=1S/C16H23NO/c17-16-8-5-13-11-14(6-7-15(13)16)18-10-9-12-3-1-2-4-12/h6-7,11-12,16H,1-5,8-10,17H2/t16-/m1/s1. The minimum Gasteiger partial charge on any atom is -0.494 e. The molecule has 2 N–H and O–H groups in total. The maximum Gasteiger partial charge on any atom is 0.119 e. The maximum atomic E-state index is 6.04. The lowest BCUT2D eigenvalue weighted by atomic mass is 10.1. The van der Waals surface area contributed by atoms with Crippen molar-refractivity contribution >= 4 is 0 Å². The van der Waals surface area contributed by atoms with E-state index in [1.54, 1.807) is 0 Å². The molecule has 18 heavy (non-hydrogen) atoms. The Kier molecular flexibility index (Phi) is 3.55. The molecule has 2 aliphatic rings. The first-order valence-corrected chi connectivity index (χ1v) is 7.34. The van der Waals surface area contributed by atoms with Crippen LogP contribution in [-0.4, -0.2) is 6.61 Å². The third kappa shape index (κ3) is 2.54. The van der Waals surface area contributed by atoms with Crippen LogP contribution in [0.4, 0.5) is 0 Å². The fourth-order valence-corrected chi connectivity index (χ4v) is 3.36. The van der Waals surface area contributed by atoms with E-state index in [1.807, 2.05) is 0 Å². The molecule has 1 aromatic rings. The number of ether oxygens (including phenoxy) is 1. The van der Waals surface area contributed by atoms with Crippen LogP contribution in [0, 0.1) is 5.92 Å². The van der Waals surface area contributed by atoms with Crippen molar-refractivity contribution in [1.29, 1.82) is 0 Å². The molecule has 0 bridgehead atoms. The number of nitrogens with two attached hydrogens (primary N) is 1. The zero-order valence-electron chi connectivity index (χ0n) is 11.0. The molecular weight excluding hydrogens is 222 g/mol. The van der Waals surface area contributed by atoms with Crippen molar-refractivity contribution in [2.75, 3.05) is 6.61 Å². The summed E-state index contributed by atoms with van der Waals surface area (Å²) in [7, 11) is 0. The molecule has 0 saturated heterocycles. The van der Waals surface area contributed by atoms with E-state index in [2.05, 4.69) is 18.2 Å². The van der Waals surface area contributed by atoms with Gasteiger partial charge in [-0.2, -0.15) is 0 Å². The summed E-state index contributed by atoms with van der Waals surface area (Å²) in [6, 6.07) is 6.67. The van der Waals surface area contributed by atoms with E-state index < -0.39 is 0 Å². The summed E-state index contributed by atoms with van der Waals surface area (Å²) in [4.78, 5) is 0. The van der Waals surface area contributed by atoms with Crippen LogP contribution in [0.5, 0.6) is 5.75 Å². The second-order valence-electron chi connectivity index (χ2n) is 5.79. The normalized spacial score (nSPS) is 23.3. The Hall–Kier alpha value is -1.02. The summed E-state index contributed by atoms with van der Waals surface area (Å²) in [5.41, 5.74) is 8.75. The molecule has 0 aliphatic heterocycles. The fourth-order valence-electron chi connectivity index (χ4n) is 3.36. The highest BCUT2D eigenvalue weighted by Gasteiger charge is 2.19. The second-order valence-corrected chi connectivity index (χ2v) is 5.79. The lowest BCUT2D eigenvalue weighted by molar-refractivity contribution is 0.279. The average molecular weight is 245 g/mol. The predicted molar refractivity (Wildman–Crippen MR) is 73.8 cm³/mol. The molecule has 0 unspecified atom stereocenters. The summed E-state index contributed by atoms with van der Waals surface area (Å²) in [5, 5.41) is 0. The van der Waals surface area contributed by atoms with Gasteiger partial charge in [-0.15, -0.1) is 0 Å². The van der Waals surface area contributed by atoms with Crippen LogP contribution in [-0.2, 0) is 6.42 Å². The highest BCUT2D eigenvalue weighted by Crippen LogP contribution is 2.32. The second kappa shape index (κ2) is 5.31. The van der Waals surface area contributed by atoms with Crippen molar-refractivity contribution < 1.29 is 4.74 Å². The number of aryl methyl sites for hydroxylation is 1. The predicted octanol–water partition coefficient (Wildman–Crippen LogP) is 3.59. The number of hydrogen-bond acceptors (Lipinski definition) is 2. The third-order valence-corrected chi connectivity index (χ3v) is 4.51. The van der Waals surface area contributed by atoms with Gasteiger partial charge in [0.15, 0.2) is 0 Å². The van der Waals surface area contributed by atoms with Crippen LogP contribution in [0.25, 0.3) is 0 Å². The van der Waals surface area contributed by atoms with E-state index in [9.17, 15) is 0 Å². The first kappa shape index (κ1) is 12.0. The molecule has 1 aromatic carbocycles. The summed E-state index contributed by atoms with van der Waals surface area (Å²) in [6.07, 6.45) is 9.06. The quantitative estimate of drug-likeness (QED) is 0.879. The van der Waals surface area contributed by atoms with E-state index in [0.717, 1.165) is 31.1 Å². The highest BCUT2D eigenvalue weighted by atomic mass is 16.5. The van der Waals surface area contributed by atoms with Crippen LogP contribution in [0.2, 0.25) is 0 Å². The van der Waals surface area contributed by atoms with Crippen LogP contribution in [0.3, 0.4) is 0 Å². The van der Waals surface area contributed by atoms with Crippen molar-refractivity contribution in [3.05, 3.63) is 29.3 Å². The van der Waals surface area contributed by atoms with Gasteiger partial charge in [0.05, 0.1) is 6.61 Å². The Labute approximate surface area is 110 Å². The van der Waals surface area contributed by atoms with Gasteiger partial charge in [0.25, 0.3) is 0 Å². The molecule has 2 heteroatoms. The monoisotopic (exact) mass is 245 g/mol. The lowest BCUT2D eigenvalue weighted by Gasteiger charge is -2.12. The van der Waals surface area contributed by atoms with Gasteiger partial charge in [0, 0.05) is 6.04 Å². The zero-order valence-corrected chi connectivity index (χ0v) is 11.0. The smallest absolute Gasteiger partial charge is 0.119 e. The summed E-state index contributed by atoms with van der Waals surface area (Å²) < 4.78 is 5.89. The maximum absolute atomic E-state index is 6.04. The first-order valence-electron chi connectivity index (χ1n) is 7.34. The fraction of sp³-hybridized carbons (Fsp3) is 0.625. The van der Waals surface area contributed by atoms with Gasteiger partial charge in [0.1, 0.15) is 5.75 Å². The molecule has 2 aliphatic carbocycles. The van der Waals surface area contributed by atoms with Gasteiger partial charge in [-0.1, -0.05) is 31.7 Å². The number of hydrogen-bond donors (Lipinski definition) is 1. The Morgan fingerprint density at radius 1 is 1.17 bits per heavy atom. The lowest BCUT2D eigenvalue weighted by Crippen LogP contribution is -2.06. The molecule has 2 nitrogen and oxygen atoms in total. The molecule has 0 heterocycles. The number of rotatable bonds is 4. The topological polar surface area (TPSA) is 35.2 Å². The molecule has 1 saturated carbocycles. The highest BCUT2D eigenvalue weighted by molar-refractivity contribution is 5.40. The SMILES string of the molecule is N[C@@H]1CCc2cc(OCCC3CCCC3)ccc21. The van der Waals surface area contributed by atoms with Crippen molar-refractivity contribution in [3.63, 3.8) is 0 Å². The third-order valence-electron chi connectivity index (χ3n) is 4.51. The summed E-state index contributed by atoms with van der Waals surface area (Å²) >= 11 is 0. The molecule has 0 aromatic heterocycles. The van der Waals surface area contributed by atoms with E-state index >= 15 is 0 Å². The molecule has 98 valence electrons. The van der Waals surface area contributed by atoms with Crippen molar-refractivity contribution in [2.45, 2.75) is 51.0 Å². The Balaban J connectivity index is 1.53. The average Bonchev–Trinajstić information content (AvgIpc) is 3.00. The van der Waals surface area contributed by atoms with Gasteiger partial charge in [-0.25, -0.2) is 0 Å². The van der Waals surface area contributed by atoms with E-state index in [0.29, 0.717) is 0 Å². The van der Waals surface area contributed by atoms with Crippen LogP contribution in [0.1, 0.15) is 55.7 Å². The van der Waals surface area contributed by atoms with Crippen LogP contribution in [0.15, 0.2) is 18.2 Å². The van der Waals surface area contributed by atoms with Crippen molar-refractivity contribution in [2.24, 2.45) is 11.7 Å². The minimum absolute atomic E-state index is 0.243. The molecule has 0 spiro atoms. The summed E-state index contributed by atoms with van der Waals surface area (Å²) in [5.74, 6) is 1.94. The summed E-state index contributed by atoms with van der Waals surface area (Å²) in [6.45, 7) is 0.871. The number of benzene rings is 1. The van der Waals surface area contributed by atoms with Gasteiger partial charge < -0.3 is 10.5 Å². The van der Waals surface area contributed by atoms with Crippen molar-refractivity contribution in [1.82, 2.24) is 0 Å². The molecule has 3 rings (SSSR count). The molecular formula is C16H23NO. The molecule has 1 atom stereocenters. The van der Waals surface area contributed by atoms with Gasteiger partial charge in [-0.05, 0) is 48.4 Å². The van der Waals surface area contributed by atoms with E-state index in [-0.39, 0.29) is 6.04 Å². The number of fused-ring (bicyclic) bond motifs is 1. The zero-order chi connectivity index (χ0) is 12.4. The first-order chi connectivity index (χ1) is 8.83. The molecule has 0 amide bonds. The Morgan fingerprint density at radius 2 is 2.00 bits per heavy atom. The largest absolute Gasteiger partial charge is 0.494 e. The Morgan fingerprint density at radius 3 is 2.83 bits per heavy atom.